The van der Waals surface area contributed by atoms with Crippen molar-refractivity contribution in [2.75, 3.05) is 13.2 Å². The van der Waals surface area contributed by atoms with Crippen LogP contribution in [0.15, 0.2) is 25.3 Å². The Kier molecular flexibility index (Phi) is 18.5. The van der Waals surface area contributed by atoms with Gasteiger partial charge in [0.2, 0.25) is 0 Å². The van der Waals surface area contributed by atoms with Crippen LogP contribution in [0.3, 0.4) is 0 Å². The van der Waals surface area contributed by atoms with E-state index in [4.69, 9.17) is 4.74 Å². The molecule has 376 valence electrons. The maximum Gasteiger partial charge on any atom is 0.438 e. The minimum atomic E-state index is -8.61. The molecule has 1 nitrogen and oxygen atoms in total. The molecule has 0 rings (SSSR count). The second kappa shape index (κ2) is 19.3. The van der Waals surface area contributed by atoms with Crippen LogP contribution < -0.4 is 0 Å². The van der Waals surface area contributed by atoms with Crippen LogP contribution in [-0.2, 0) is 4.74 Å². The molecular formula is C32H32F30O. The molecule has 31 heteroatoms. The van der Waals surface area contributed by atoms with Gasteiger partial charge in [-0.3, -0.25) is 0 Å². The summed E-state index contributed by atoms with van der Waals surface area (Å²) >= 11 is 0. The molecule has 0 aromatic rings. The molecule has 0 amide bonds. The van der Waals surface area contributed by atoms with Gasteiger partial charge in [0.25, 0.3) is 0 Å². The second-order valence-corrected chi connectivity index (χ2v) is 13.8. The molecule has 0 heterocycles. The standard InChI is InChI=1S/C32H32F30O/c1-3-11-17(19(33,34)23(39,40)27(47,48)25(43,44)21(37,29(51,52)53)30(54,55)56)13-7-5-9-15-63-16-10-6-8-14-18(12-4-2)20(35,36)24(41,42)28(49,50)26(45,46)22(38,31(57,58)59)32(60,61)62/h3-4,17-18H,1-2,5-16H2. The van der Waals surface area contributed by atoms with Crippen molar-refractivity contribution in [3.63, 3.8) is 0 Å². The van der Waals surface area contributed by atoms with Crippen molar-refractivity contribution in [3.05, 3.63) is 25.3 Å². The number of hydrogen-bond acceptors (Lipinski definition) is 1. The number of hydrogen-bond donors (Lipinski definition) is 0. The predicted molar refractivity (Wildman–Crippen MR) is 156 cm³/mol. The molecule has 0 saturated heterocycles. The minimum Gasteiger partial charge on any atom is -0.381 e. The van der Waals surface area contributed by atoms with E-state index >= 15 is 0 Å². The van der Waals surface area contributed by atoms with E-state index in [2.05, 4.69) is 13.2 Å². The molecule has 0 spiro atoms. The van der Waals surface area contributed by atoms with Crippen LogP contribution in [-0.4, -0.2) is 96.6 Å². The van der Waals surface area contributed by atoms with Gasteiger partial charge in [-0.1, -0.05) is 37.8 Å². The molecular weight excluding hydrogens is 970 g/mol. The molecule has 63 heavy (non-hydrogen) atoms. The van der Waals surface area contributed by atoms with Crippen LogP contribution in [0, 0.1) is 11.8 Å². The van der Waals surface area contributed by atoms with E-state index < -0.39 is 160 Å². The number of unbranched alkanes of at least 4 members (excludes halogenated alkanes) is 4. The van der Waals surface area contributed by atoms with Gasteiger partial charge in [0.1, 0.15) is 0 Å². The Hall–Kier alpha value is -2.66. The third-order valence-electron chi connectivity index (χ3n) is 9.45. The first-order chi connectivity index (χ1) is 27.6. The molecule has 0 radical (unpaired) electrons. The lowest BCUT2D eigenvalue weighted by molar-refractivity contribution is -0.459. The number of ether oxygens (including phenoxy) is 1. The normalized spacial score (nSPS) is 16.6. The number of allylic oxidation sites excluding steroid dienone is 2. The Balaban J connectivity index is 5.61. The highest BCUT2D eigenvalue weighted by atomic mass is 19.5. The Labute approximate surface area is 335 Å². The smallest absolute Gasteiger partial charge is 0.381 e. The predicted octanol–water partition coefficient (Wildman–Crippen LogP) is 15.3. The number of alkyl halides is 30. The van der Waals surface area contributed by atoms with Crippen molar-refractivity contribution in [2.45, 2.75) is 148 Å². The summed E-state index contributed by atoms with van der Waals surface area (Å²) in [4.78, 5) is 0. The van der Waals surface area contributed by atoms with Crippen LogP contribution >= 0.6 is 0 Å². The minimum absolute atomic E-state index is 0.283. The number of halogens is 30. The van der Waals surface area contributed by atoms with Gasteiger partial charge in [-0.05, 0) is 38.5 Å². The largest absolute Gasteiger partial charge is 0.438 e. The first-order valence-corrected chi connectivity index (χ1v) is 17.1. The van der Waals surface area contributed by atoms with Gasteiger partial charge in [-0.25, -0.2) is 8.78 Å². The maximum atomic E-state index is 14.7. The van der Waals surface area contributed by atoms with Crippen molar-refractivity contribution in [2.24, 2.45) is 11.8 Å². The van der Waals surface area contributed by atoms with Crippen LogP contribution in [0.2, 0.25) is 0 Å². The van der Waals surface area contributed by atoms with Gasteiger partial charge < -0.3 is 4.74 Å². The lowest BCUT2D eigenvalue weighted by atomic mass is 9.80. The average Bonchev–Trinajstić information content (AvgIpc) is 3.09. The van der Waals surface area contributed by atoms with Crippen LogP contribution in [0.4, 0.5) is 132 Å². The monoisotopic (exact) mass is 1000 g/mol. The highest BCUT2D eigenvalue weighted by molar-refractivity contribution is 5.18. The van der Waals surface area contributed by atoms with E-state index in [1.807, 2.05) is 0 Å². The molecule has 0 aliphatic heterocycles. The van der Waals surface area contributed by atoms with Crippen LogP contribution in [0.1, 0.15) is 64.2 Å². The zero-order valence-corrected chi connectivity index (χ0v) is 31.0. The SMILES string of the molecule is C=CCC(CCCCCOCCCCCC(CC=C)C(F)(F)C(F)(F)C(F)(F)C(F)(F)C(F)(C(F)(F)F)C(F)(F)F)C(F)(F)C(F)(F)C(F)(F)C(F)(F)C(F)(C(F)(F)F)C(F)(F)F. The summed E-state index contributed by atoms with van der Waals surface area (Å²) in [6.45, 7) is 4.59. The highest BCUT2D eigenvalue weighted by Gasteiger charge is 2.97. The molecule has 0 N–H and O–H groups in total. The molecule has 0 bridgehead atoms. The van der Waals surface area contributed by atoms with Crippen molar-refractivity contribution in [3.8, 4) is 0 Å². The number of rotatable bonds is 26. The summed E-state index contributed by atoms with van der Waals surface area (Å²) in [6, 6.07) is 0. The van der Waals surface area contributed by atoms with Crippen molar-refractivity contribution in [1.29, 1.82) is 0 Å². The van der Waals surface area contributed by atoms with E-state index in [1.54, 1.807) is 0 Å². The van der Waals surface area contributed by atoms with Crippen molar-refractivity contribution in [1.82, 2.24) is 0 Å². The quantitative estimate of drug-likeness (QED) is 0.0477. The third-order valence-corrected chi connectivity index (χ3v) is 9.45. The fourth-order valence-electron chi connectivity index (χ4n) is 5.73. The Morgan fingerprint density at radius 2 is 0.556 bits per heavy atom. The van der Waals surface area contributed by atoms with E-state index in [1.165, 1.54) is 0 Å². The maximum absolute atomic E-state index is 14.7. The van der Waals surface area contributed by atoms with E-state index in [9.17, 15) is 132 Å². The molecule has 0 aromatic carbocycles. The van der Waals surface area contributed by atoms with Gasteiger partial charge in [0.15, 0.2) is 0 Å². The zero-order chi connectivity index (χ0) is 50.8. The Morgan fingerprint density at radius 3 is 0.762 bits per heavy atom. The average molecular weight is 1000 g/mol. The fraction of sp³-hybridized carbons (Fsp3) is 0.875. The zero-order valence-electron chi connectivity index (χ0n) is 31.0. The molecule has 0 aliphatic rings. The third kappa shape index (κ3) is 10.3. The Morgan fingerprint density at radius 1 is 0.317 bits per heavy atom. The summed E-state index contributed by atoms with van der Waals surface area (Å²) in [6.07, 6.45) is -40.9. The lowest BCUT2D eigenvalue weighted by Gasteiger charge is -2.44. The first kappa shape index (κ1) is 60.3. The van der Waals surface area contributed by atoms with Crippen LogP contribution in [0.25, 0.3) is 0 Å². The van der Waals surface area contributed by atoms with E-state index in [0.29, 0.717) is 0 Å². The lowest BCUT2D eigenvalue weighted by Crippen LogP contribution is -2.75. The van der Waals surface area contributed by atoms with Gasteiger partial charge in [-0.15, -0.1) is 13.2 Å². The summed E-state index contributed by atoms with van der Waals surface area (Å²) < 4.78 is 414. The Bertz CT molecular complexity index is 1330. The summed E-state index contributed by atoms with van der Waals surface area (Å²) in [5.41, 5.74) is -17.0. The summed E-state index contributed by atoms with van der Waals surface area (Å²) in [5.74, 6) is -69.4. The fourth-order valence-corrected chi connectivity index (χ4v) is 5.73. The molecule has 0 aliphatic carbocycles. The van der Waals surface area contributed by atoms with Gasteiger partial charge >= 0.3 is 83.4 Å². The van der Waals surface area contributed by atoms with Gasteiger partial charge in [0.05, 0.1) is 0 Å². The highest BCUT2D eigenvalue weighted by Crippen LogP contribution is 2.66. The van der Waals surface area contributed by atoms with Gasteiger partial charge in [-0.2, -0.15) is 123 Å². The van der Waals surface area contributed by atoms with Crippen molar-refractivity contribution >= 4 is 0 Å². The first-order valence-electron chi connectivity index (χ1n) is 17.1. The van der Waals surface area contributed by atoms with E-state index in [0.717, 1.165) is 0 Å². The molecule has 2 unspecified atom stereocenters. The molecule has 0 fully saturated rings. The second-order valence-electron chi connectivity index (χ2n) is 13.8. The molecule has 0 aromatic heterocycles. The topological polar surface area (TPSA) is 9.23 Å². The summed E-state index contributed by atoms with van der Waals surface area (Å²) in [7, 11) is 0. The van der Waals surface area contributed by atoms with Gasteiger partial charge in [0, 0.05) is 25.0 Å². The van der Waals surface area contributed by atoms with E-state index in [-0.39, 0.29) is 25.0 Å². The molecule has 2 atom stereocenters. The van der Waals surface area contributed by atoms with Crippen molar-refractivity contribution < 1.29 is 136 Å². The summed E-state index contributed by atoms with van der Waals surface area (Å²) in [5, 5.41) is 0. The molecule has 0 saturated carbocycles. The van der Waals surface area contributed by atoms with Crippen LogP contribution in [0.5, 0.6) is 0 Å².